The molecule has 4 aromatic carbocycles. The molecule has 1 aromatic heterocycles. The Hall–Kier alpha value is -4.69. The Morgan fingerprint density at radius 3 is 1.86 bits per heavy atom. The first-order valence-corrected chi connectivity index (χ1v) is 12.0. The second kappa shape index (κ2) is 10.3. The summed E-state index contributed by atoms with van der Waals surface area (Å²) in [6.07, 6.45) is 5.69. The van der Waals surface area contributed by atoms with Gasteiger partial charge in [-0.2, -0.15) is 0 Å². The zero-order valence-electron chi connectivity index (χ0n) is 20.4. The number of benzene rings is 4. The summed E-state index contributed by atoms with van der Waals surface area (Å²) in [6, 6.07) is 37.8. The second-order valence-electron chi connectivity index (χ2n) is 8.58. The minimum absolute atomic E-state index is 0.902. The summed E-state index contributed by atoms with van der Waals surface area (Å²) in [7, 11) is 2.10. The molecular weight excluding hydrogens is 436 g/mol. The predicted molar refractivity (Wildman–Crippen MR) is 153 cm³/mol. The van der Waals surface area contributed by atoms with E-state index >= 15 is 0 Å². The minimum Gasteiger partial charge on any atom is -0.327 e. The fourth-order valence-corrected chi connectivity index (χ4v) is 4.73. The van der Waals surface area contributed by atoms with Gasteiger partial charge in [0, 0.05) is 23.7 Å². The van der Waals surface area contributed by atoms with Gasteiger partial charge in [-0.05, 0) is 22.3 Å². The van der Waals surface area contributed by atoms with E-state index in [0.29, 0.717) is 0 Å². The smallest absolute Gasteiger partial charge is 0.142 e. The summed E-state index contributed by atoms with van der Waals surface area (Å²) in [4.78, 5) is 5.33. The molecule has 2 heteroatoms. The van der Waals surface area contributed by atoms with E-state index in [0.717, 1.165) is 56.2 Å². The fraction of sp³-hybridized carbons (Fsp3) is 0.0294. The van der Waals surface area contributed by atoms with Crippen LogP contribution < -0.4 is 0 Å². The molecule has 174 valence electrons. The van der Waals surface area contributed by atoms with E-state index in [1.54, 1.807) is 6.08 Å². The summed E-state index contributed by atoms with van der Waals surface area (Å²) < 4.78 is 2.22. The van der Waals surface area contributed by atoms with Gasteiger partial charge in [0.15, 0.2) is 0 Å². The van der Waals surface area contributed by atoms with Gasteiger partial charge in [-0.25, -0.2) is 4.98 Å². The van der Waals surface area contributed by atoms with Crippen molar-refractivity contribution in [3.8, 4) is 45.0 Å². The molecule has 36 heavy (non-hydrogen) atoms. The molecule has 0 spiro atoms. The number of hydrogen-bond acceptors (Lipinski definition) is 1. The van der Waals surface area contributed by atoms with Crippen molar-refractivity contribution in [1.82, 2.24) is 9.55 Å². The first-order chi connectivity index (χ1) is 17.7. The minimum atomic E-state index is 0.902. The van der Waals surface area contributed by atoms with E-state index in [4.69, 9.17) is 4.98 Å². The molecule has 5 aromatic rings. The standard InChI is InChI=1S/C34H28N2/c1-4-16-25(5-2)29-23-15-24-30(26-17-9-6-10-18-26)31(29)34-35-32(27-19-11-7-12-20-27)33(36(34)3)28-21-13-8-14-22-28/h4-24H,1-2H2,3H3/b25-16+. The van der Waals surface area contributed by atoms with E-state index in [2.05, 4.69) is 116 Å². The van der Waals surface area contributed by atoms with Crippen molar-refractivity contribution in [2.75, 3.05) is 0 Å². The highest BCUT2D eigenvalue weighted by molar-refractivity contribution is 5.94. The zero-order chi connectivity index (χ0) is 24.9. The van der Waals surface area contributed by atoms with Crippen LogP contribution in [0.25, 0.3) is 50.6 Å². The molecule has 2 nitrogen and oxygen atoms in total. The molecule has 0 atom stereocenters. The number of imidazole rings is 1. The Kier molecular flexibility index (Phi) is 6.59. The van der Waals surface area contributed by atoms with E-state index < -0.39 is 0 Å². The van der Waals surface area contributed by atoms with Crippen molar-refractivity contribution >= 4 is 5.57 Å². The maximum absolute atomic E-state index is 5.33. The highest BCUT2D eigenvalue weighted by Gasteiger charge is 2.23. The molecule has 0 saturated carbocycles. The van der Waals surface area contributed by atoms with Crippen LogP contribution in [0, 0.1) is 0 Å². The number of aromatic nitrogens is 2. The predicted octanol–water partition coefficient (Wildman–Crippen LogP) is 8.84. The average Bonchev–Trinajstić information content (AvgIpc) is 3.29. The molecule has 5 rings (SSSR count). The lowest BCUT2D eigenvalue weighted by Gasteiger charge is -2.17. The van der Waals surface area contributed by atoms with Crippen LogP contribution in [-0.4, -0.2) is 9.55 Å². The molecule has 0 unspecified atom stereocenters. The van der Waals surface area contributed by atoms with Crippen molar-refractivity contribution in [2.45, 2.75) is 0 Å². The van der Waals surface area contributed by atoms with Gasteiger partial charge in [0.05, 0.1) is 11.4 Å². The van der Waals surface area contributed by atoms with Crippen LogP contribution in [0.1, 0.15) is 5.56 Å². The second-order valence-corrected chi connectivity index (χ2v) is 8.58. The van der Waals surface area contributed by atoms with Gasteiger partial charge in [0.2, 0.25) is 0 Å². The van der Waals surface area contributed by atoms with Gasteiger partial charge in [0.25, 0.3) is 0 Å². The molecule has 0 aliphatic carbocycles. The summed E-state index contributed by atoms with van der Waals surface area (Å²) in [5.74, 6) is 0.902. The normalized spacial score (nSPS) is 11.3. The lowest BCUT2D eigenvalue weighted by Crippen LogP contribution is -2.00. The van der Waals surface area contributed by atoms with Gasteiger partial charge in [-0.3, -0.25) is 0 Å². The molecule has 0 aliphatic rings. The summed E-state index contributed by atoms with van der Waals surface area (Å²) in [5.41, 5.74) is 9.66. The third kappa shape index (κ3) is 4.25. The van der Waals surface area contributed by atoms with E-state index in [1.165, 1.54) is 0 Å². The van der Waals surface area contributed by atoms with Gasteiger partial charge < -0.3 is 4.57 Å². The maximum atomic E-state index is 5.33. The molecule has 1 heterocycles. The third-order valence-electron chi connectivity index (χ3n) is 6.39. The van der Waals surface area contributed by atoms with Crippen LogP contribution in [0.2, 0.25) is 0 Å². The van der Waals surface area contributed by atoms with Gasteiger partial charge >= 0.3 is 0 Å². The van der Waals surface area contributed by atoms with Crippen molar-refractivity contribution < 1.29 is 0 Å². The molecular formula is C34H28N2. The SMILES string of the molecule is C=C/C=C(\C=C)c1cccc(-c2ccccc2)c1-c1nc(-c2ccccc2)c(-c2ccccc2)n1C. The highest BCUT2D eigenvalue weighted by atomic mass is 15.1. The lowest BCUT2D eigenvalue weighted by atomic mass is 9.91. The summed E-state index contributed by atoms with van der Waals surface area (Å²) >= 11 is 0. The molecule has 0 saturated heterocycles. The van der Waals surface area contributed by atoms with Crippen LogP contribution in [0.15, 0.2) is 141 Å². The topological polar surface area (TPSA) is 17.8 Å². The van der Waals surface area contributed by atoms with Crippen LogP contribution in [-0.2, 0) is 7.05 Å². The lowest BCUT2D eigenvalue weighted by molar-refractivity contribution is 0.933. The molecule has 0 fully saturated rings. The van der Waals surface area contributed by atoms with Crippen LogP contribution >= 0.6 is 0 Å². The molecule has 0 bridgehead atoms. The Labute approximate surface area is 213 Å². The number of hydrogen-bond donors (Lipinski definition) is 0. The van der Waals surface area contributed by atoms with Crippen LogP contribution in [0.4, 0.5) is 0 Å². The Morgan fingerprint density at radius 1 is 0.694 bits per heavy atom. The van der Waals surface area contributed by atoms with E-state index in [1.807, 2.05) is 30.4 Å². The highest BCUT2D eigenvalue weighted by Crippen LogP contribution is 2.42. The number of rotatable bonds is 7. The Bertz CT molecular complexity index is 1540. The van der Waals surface area contributed by atoms with Crippen molar-refractivity contribution in [3.05, 3.63) is 146 Å². The van der Waals surface area contributed by atoms with Crippen molar-refractivity contribution in [2.24, 2.45) is 7.05 Å². The van der Waals surface area contributed by atoms with E-state index in [9.17, 15) is 0 Å². The first-order valence-electron chi connectivity index (χ1n) is 12.0. The molecule has 0 radical (unpaired) electrons. The van der Waals surface area contributed by atoms with Crippen LogP contribution in [0.3, 0.4) is 0 Å². The summed E-state index contributed by atoms with van der Waals surface area (Å²) in [6.45, 7) is 8.02. The zero-order valence-corrected chi connectivity index (χ0v) is 20.4. The number of allylic oxidation sites excluding steroid dienone is 4. The molecule has 0 N–H and O–H groups in total. The van der Waals surface area contributed by atoms with Gasteiger partial charge in [0.1, 0.15) is 5.82 Å². The Morgan fingerprint density at radius 2 is 1.28 bits per heavy atom. The average molecular weight is 465 g/mol. The maximum Gasteiger partial charge on any atom is 0.142 e. The number of nitrogens with zero attached hydrogens (tertiary/aromatic N) is 2. The molecule has 0 aliphatic heterocycles. The monoisotopic (exact) mass is 464 g/mol. The quantitative estimate of drug-likeness (QED) is 0.220. The summed E-state index contributed by atoms with van der Waals surface area (Å²) in [5, 5.41) is 0. The van der Waals surface area contributed by atoms with Gasteiger partial charge in [-0.15, -0.1) is 0 Å². The third-order valence-corrected chi connectivity index (χ3v) is 6.39. The van der Waals surface area contributed by atoms with Crippen molar-refractivity contribution in [1.29, 1.82) is 0 Å². The Balaban J connectivity index is 1.88. The van der Waals surface area contributed by atoms with Gasteiger partial charge in [-0.1, -0.05) is 141 Å². The largest absolute Gasteiger partial charge is 0.327 e. The first kappa shape index (κ1) is 23.1. The molecule has 0 amide bonds. The fourth-order valence-electron chi connectivity index (χ4n) is 4.73. The van der Waals surface area contributed by atoms with E-state index in [-0.39, 0.29) is 0 Å². The van der Waals surface area contributed by atoms with Crippen molar-refractivity contribution in [3.63, 3.8) is 0 Å². The van der Waals surface area contributed by atoms with Crippen LogP contribution in [0.5, 0.6) is 0 Å².